The number of carbonyl (C=O) groups is 2. The second-order valence-electron chi connectivity index (χ2n) is 4.47. The van der Waals surface area contributed by atoms with Gasteiger partial charge >= 0.3 is 5.97 Å². The van der Waals surface area contributed by atoms with E-state index in [1.165, 1.54) is 0 Å². The molecule has 20 heavy (non-hydrogen) atoms. The molecule has 1 saturated carbocycles. The Morgan fingerprint density at radius 3 is 2.25 bits per heavy atom. The molecule has 1 atom stereocenters. The van der Waals surface area contributed by atoms with Gasteiger partial charge in [-0.05, 0) is 24.8 Å². The first-order valence-electron chi connectivity index (χ1n) is 5.69. The molecule has 0 radical (unpaired) electrons. The molecule has 2 rings (SSSR count). The Morgan fingerprint density at radius 2 is 1.75 bits per heavy atom. The van der Waals surface area contributed by atoms with Gasteiger partial charge < -0.3 is 10.4 Å². The van der Waals surface area contributed by atoms with Gasteiger partial charge in [-0.15, -0.1) is 0 Å². The van der Waals surface area contributed by atoms with E-state index < -0.39 is 46.8 Å². The average molecular weight is 291 g/mol. The molecule has 1 aliphatic carbocycles. The molecule has 0 aliphatic heterocycles. The second kappa shape index (κ2) is 5.10. The van der Waals surface area contributed by atoms with Gasteiger partial charge in [0.15, 0.2) is 23.3 Å². The van der Waals surface area contributed by atoms with Crippen molar-refractivity contribution in [2.45, 2.75) is 18.9 Å². The minimum atomic E-state index is -2.12. The molecule has 108 valence electrons. The maximum atomic E-state index is 13.4. The Kier molecular flexibility index (Phi) is 3.65. The zero-order chi connectivity index (χ0) is 15.0. The Morgan fingerprint density at radius 1 is 1.15 bits per heavy atom. The van der Waals surface area contributed by atoms with E-state index in [0.717, 1.165) is 0 Å². The Hall–Kier alpha value is -2.12. The summed E-state index contributed by atoms with van der Waals surface area (Å²) >= 11 is 0. The highest BCUT2D eigenvalue weighted by molar-refractivity contribution is 5.97. The lowest BCUT2D eigenvalue weighted by Gasteiger charge is -2.14. The van der Waals surface area contributed by atoms with Crippen LogP contribution < -0.4 is 5.32 Å². The Labute approximate surface area is 110 Å². The number of rotatable bonds is 4. The van der Waals surface area contributed by atoms with Gasteiger partial charge in [0.2, 0.25) is 0 Å². The second-order valence-corrected chi connectivity index (χ2v) is 4.47. The normalized spacial score (nSPS) is 15.8. The van der Waals surface area contributed by atoms with E-state index in [1.54, 1.807) is 0 Å². The highest BCUT2D eigenvalue weighted by Crippen LogP contribution is 2.33. The van der Waals surface area contributed by atoms with Crippen LogP contribution >= 0.6 is 0 Å². The van der Waals surface area contributed by atoms with Crippen molar-refractivity contribution in [2.24, 2.45) is 5.92 Å². The van der Waals surface area contributed by atoms with E-state index >= 15 is 0 Å². The van der Waals surface area contributed by atoms with E-state index in [1.807, 2.05) is 5.32 Å². The summed E-state index contributed by atoms with van der Waals surface area (Å²) in [6.45, 7) is 0. The van der Waals surface area contributed by atoms with E-state index in [0.29, 0.717) is 12.8 Å². The van der Waals surface area contributed by atoms with Gasteiger partial charge in [-0.25, -0.2) is 22.4 Å². The van der Waals surface area contributed by atoms with Crippen molar-refractivity contribution in [3.63, 3.8) is 0 Å². The fourth-order valence-electron chi connectivity index (χ4n) is 1.77. The van der Waals surface area contributed by atoms with Crippen LogP contribution in [0.5, 0.6) is 0 Å². The van der Waals surface area contributed by atoms with Crippen LogP contribution in [0.2, 0.25) is 0 Å². The van der Waals surface area contributed by atoms with Gasteiger partial charge in [-0.1, -0.05) is 0 Å². The third-order valence-electron chi connectivity index (χ3n) is 2.99. The van der Waals surface area contributed by atoms with Crippen molar-refractivity contribution in [1.82, 2.24) is 5.32 Å². The highest BCUT2D eigenvalue weighted by atomic mass is 19.2. The van der Waals surface area contributed by atoms with Gasteiger partial charge in [-0.2, -0.15) is 0 Å². The summed E-state index contributed by atoms with van der Waals surface area (Å²) in [6.07, 6.45) is 1.15. The maximum absolute atomic E-state index is 13.4. The summed E-state index contributed by atoms with van der Waals surface area (Å²) in [5.41, 5.74) is -1.08. The van der Waals surface area contributed by atoms with Crippen molar-refractivity contribution in [3.8, 4) is 0 Å². The molecule has 1 aromatic rings. The van der Waals surface area contributed by atoms with Crippen LogP contribution in [0, 0.1) is 29.2 Å². The molecule has 0 saturated heterocycles. The quantitative estimate of drug-likeness (QED) is 0.505. The molecule has 1 unspecified atom stereocenters. The van der Waals surface area contributed by atoms with E-state index in [9.17, 15) is 27.2 Å². The maximum Gasteiger partial charge on any atom is 0.326 e. The molecular weight excluding hydrogens is 282 g/mol. The molecule has 4 nitrogen and oxygen atoms in total. The lowest BCUT2D eigenvalue weighted by Crippen LogP contribution is -2.42. The number of hydrogen-bond donors (Lipinski definition) is 2. The molecule has 1 amide bonds. The van der Waals surface area contributed by atoms with Gasteiger partial charge in [0, 0.05) is 0 Å². The number of carboxylic acids is 1. The summed E-state index contributed by atoms with van der Waals surface area (Å²) < 4.78 is 52.1. The molecule has 0 aromatic heterocycles. The average Bonchev–Trinajstić information content (AvgIpc) is 3.21. The number of amides is 1. The van der Waals surface area contributed by atoms with Gasteiger partial charge in [0.05, 0.1) is 5.56 Å². The number of benzene rings is 1. The van der Waals surface area contributed by atoms with E-state index in [2.05, 4.69) is 0 Å². The summed E-state index contributed by atoms with van der Waals surface area (Å²) in [7, 11) is 0. The smallest absolute Gasteiger partial charge is 0.326 e. The van der Waals surface area contributed by atoms with Crippen LogP contribution in [-0.4, -0.2) is 23.0 Å². The lowest BCUT2D eigenvalue weighted by atomic mass is 10.1. The first kappa shape index (κ1) is 14.3. The van der Waals surface area contributed by atoms with Gasteiger partial charge in [0.1, 0.15) is 6.04 Å². The van der Waals surface area contributed by atoms with Crippen molar-refractivity contribution < 1.29 is 32.3 Å². The zero-order valence-corrected chi connectivity index (χ0v) is 9.92. The third kappa shape index (κ3) is 2.59. The van der Waals surface area contributed by atoms with Crippen molar-refractivity contribution in [2.75, 3.05) is 0 Å². The number of aliphatic carboxylic acids is 1. The number of hydrogen-bond acceptors (Lipinski definition) is 2. The van der Waals surface area contributed by atoms with Crippen LogP contribution in [0.3, 0.4) is 0 Å². The Balaban J connectivity index is 2.27. The molecule has 0 spiro atoms. The SMILES string of the molecule is O=C(NC(C(=O)O)C1CC1)c1cc(F)c(F)c(F)c1F. The fraction of sp³-hybridized carbons (Fsp3) is 0.333. The largest absolute Gasteiger partial charge is 0.480 e. The first-order chi connectivity index (χ1) is 9.32. The summed E-state index contributed by atoms with van der Waals surface area (Å²) in [5.74, 6) is -10.7. The minimum absolute atomic E-state index is 0.189. The molecule has 0 bridgehead atoms. The van der Waals surface area contributed by atoms with Crippen LogP contribution in [0.15, 0.2) is 6.07 Å². The van der Waals surface area contributed by atoms with E-state index in [4.69, 9.17) is 5.11 Å². The number of nitrogens with one attached hydrogen (secondary N) is 1. The van der Waals surface area contributed by atoms with Crippen LogP contribution in [0.25, 0.3) is 0 Å². The van der Waals surface area contributed by atoms with E-state index in [-0.39, 0.29) is 12.0 Å². The first-order valence-corrected chi connectivity index (χ1v) is 5.69. The molecule has 1 aromatic carbocycles. The van der Waals surface area contributed by atoms with Crippen molar-refractivity contribution in [3.05, 3.63) is 34.9 Å². The molecular formula is C12H9F4NO3. The topological polar surface area (TPSA) is 66.4 Å². The van der Waals surface area contributed by atoms with Gasteiger partial charge in [0.25, 0.3) is 5.91 Å². The predicted molar refractivity (Wildman–Crippen MR) is 57.9 cm³/mol. The molecule has 1 aliphatic rings. The highest BCUT2D eigenvalue weighted by Gasteiger charge is 2.38. The van der Waals surface area contributed by atoms with Crippen LogP contribution in [0.1, 0.15) is 23.2 Å². The summed E-state index contributed by atoms with van der Waals surface area (Å²) in [5, 5.41) is 10.9. The molecule has 8 heteroatoms. The van der Waals surface area contributed by atoms with Gasteiger partial charge in [-0.3, -0.25) is 4.79 Å². The minimum Gasteiger partial charge on any atom is -0.480 e. The van der Waals surface area contributed by atoms with Crippen molar-refractivity contribution in [1.29, 1.82) is 0 Å². The molecule has 0 heterocycles. The number of carboxylic acid groups (broad SMARTS) is 1. The number of halogens is 4. The predicted octanol–water partition coefficient (Wildman–Crippen LogP) is 1.84. The molecule has 1 fully saturated rings. The standard InChI is InChI=1S/C12H9F4NO3/c13-6-3-5(7(14)9(16)8(6)15)11(18)17-10(12(19)20)4-1-2-4/h3-4,10H,1-2H2,(H,17,18)(H,19,20). The number of carbonyl (C=O) groups excluding carboxylic acids is 1. The fourth-order valence-corrected chi connectivity index (χ4v) is 1.77. The van der Waals surface area contributed by atoms with Crippen LogP contribution in [0.4, 0.5) is 17.6 Å². The molecule has 2 N–H and O–H groups in total. The Bertz CT molecular complexity index is 587. The van der Waals surface area contributed by atoms with Crippen LogP contribution in [-0.2, 0) is 4.79 Å². The third-order valence-corrected chi connectivity index (χ3v) is 2.99. The monoisotopic (exact) mass is 291 g/mol. The summed E-state index contributed by atoms with van der Waals surface area (Å²) in [4.78, 5) is 22.6. The van der Waals surface area contributed by atoms with Crippen molar-refractivity contribution >= 4 is 11.9 Å². The summed E-state index contributed by atoms with van der Waals surface area (Å²) in [6, 6.07) is -1.08. The lowest BCUT2D eigenvalue weighted by molar-refractivity contribution is -0.139. The zero-order valence-electron chi connectivity index (χ0n) is 9.92.